The molecule has 25 heteroatoms. The van der Waals surface area contributed by atoms with Gasteiger partial charge in [-0.1, -0.05) is 50.7 Å². The molecule has 3 aliphatic heterocycles. The first-order valence-corrected chi connectivity index (χ1v) is 27.0. The van der Waals surface area contributed by atoms with Crippen molar-refractivity contribution in [3.05, 3.63) is 105 Å². The lowest BCUT2D eigenvalue weighted by atomic mass is 10.1. The average Bonchev–Trinajstić information content (AvgIpc) is 4.05. The largest absolute Gasteiger partial charge is 0.494 e. The Morgan fingerprint density at radius 1 is 0.794 bits per heavy atom. The minimum Gasteiger partial charge on any atom is -0.494 e. The molecule has 366 valence electrons. The summed E-state index contributed by atoms with van der Waals surface area (Å²) >= 11 is 0.851. The fourth-order valence-corrected chi connectivity index (χ4v) is 12.3. The topological polar surface area (TPSA) is 296 Å². The van der Waals surface area contributed by atoms with Crippen LogP contribution in [0.25, 0.3) is 11.2 Å². The van der Waals surface area contributed by atoms with Gasteiger partial charge >= 0.3 is 26.3 Å². The molecule has 8 rings (SSSR count). The number of fused-ring (bicyclic) bond motifs is 3. The van der Waals surface area contributed by atoms with Gasteiger partial charge in [-0.05, 0) is 72.7 Å². The van der Waals surface area contributed by atoms with E-state index in [-0.39, 0.29) is 30.2 Å². The van der Waals surface area contributed by atoms with E-state index < -0.39 is 81.9 Å². The molecule has 2 unspecified atom stereocenters. The van der Waals surface area contributed by atoms with E-state index >= 15 is 0 Å². The highest BCUT2D eigenvalue weighted by Crippen LogP contribution is 2.64. The lowest BCUT2D eigenvalue weighted by Gasteiger charge is -2.28. The van der Waals surface area contributed by atoms with E-state index in [9.17, 15) is 28.4 Å². The number of unbranched alkanes of at least 4 members (excludes halogenated alkanes) is 7. The predicted molar refractivity (Wildman–Crippen MR) is 248 cm³/mol. The van der Waals surface area contributed by atoms with Crippen LogP contribution in [0.3, 0.4) is 0 Å². The number of imidazole rings is 1. The van der Waals surface area contributed by atoms with Crippen LogP contribution in [0.4, 0.5) is 5.82 Å². The molecule has 0 aliphatic carbocycles. The quantitative estimate of drug-likeness (QED) is 0.0330. The van der Waals surface area contributed by atoms with Gasteiger partial charge in [0.15, 0.2) is 11.5 Å². The second-order valence-electron chi connectivity index (χ2n) is 16.4. The van der Waals surface area contributed by atoms with Crippen LogP contribution in [0.15, 0.2) is 83.0 Å². The molecule has 0 spiro atoms. The molecule has 8 atom stereocenters. The summed E-state index contributed by atoms with van der Waals surface area (Å²) in [6.07, 6.45) is 6.62. The van der Waals surface area contributed by atoms with E-state index in [4.69, 9.17) is 48.5 Å². The van der Waals surface area contributed by atoms with E-state index in [0.717, 1.165) is 47.8 Å². The lowest BCUT2D eigenvalue weighted by Crippen LogP contribution is -2.32. The molecule has 3 saturated heterocycles. The number of esters is 1. The Hall–Kier alpha value is -4.77. The number of ether oxygens (including phenoxy) is 4. The van der Waals surface area contributed by atoms with E-state index in [1.54, 1.807) is 53.1 Å². The summed E-state index contributed by atoms with van der Waals surface area (Å²) in [5.74, 6) is 0.617. The lowest BCUT2D eigenvalue weighted by molar-refractivity contribution is -0.0612. The maximum atomic E-state index is 14.9. The normalized spacial score (nSPS) is 26.4. The number of carbonyl (C=O) groups excluding carboxylic acids is 1. The molecule has 0 bridgehead atoms. The van der Waals surface area contributed by atoms with Crippen molar-refractivity contribution < 1.29 is 55.9 Å². The zero-order valence-corrected chi connectivity index (χ0v) is 39.6. The van der Waals surface area contributed by atoms with E-state index in [0.29, 0.717) is 34.6 Å². The summed E-state index contributed by atoms with van der Waals surface area (Å²) in [5, 5.41) is 0. The number of hydrogen-bond donors (Lipinski definition) is 4. The number of H-pyrrole nitrogens is 1. The molecule has 5 aromatic rings. The third kappa shape index (κ3) is 12.9. The highest BCUT2D eigenvalue weighted by atomic mass is 32.7. The van der Waals surface area contributed by atoms with Gasteiger partial charge in [0.2, 0.25) is 0 Å². The summed E-state index contributed by atoms with van der Waals surface area (Å²) in [7, 11) is -4.82. The fourth-order valence-electron chi connectivity index (χ4n) is 7.95. The van der Waals surface area contributed by atoms with Crippen LogP contribution < -0.4 is 32.2 Å². The van der Waals surface area contributed by atoms with Crippen molar-refractivity contribution in [2.24, 2.45) is 5.73 Å². The Kier molecular flexibility index (Phi) is 16.6. The van der Waals surface area contributed by atoms with Crippen LogP contribution in [0.1, 0.15) is 92.6 Å². The molecule has 6 heterocycles. The van der Waals surface area contributed by atoms with Crippen LogP contribution in [0.2, 0.25) is 0 Å². The summed E-state index contributed by atoms with van der Waals surface area (Å²) < 4.78 is 78.3. The Labute approximate surface area is 394 Å². The molecular formula is C43H54N8O14P2S. The minimum atomic E-state index is -4.82. The molecule has 6 N–H and O–H groups in total. The van der Waals surface area contributed by atoms with E-state index in [1.807, 2.05) is 0 Å². The van der Waals surface area contributed by atoms with Crippen molar-refractivity contribution >= 4 is 49.0 Å². The Balaban J connectivity index is 0.913. The number of rotatable bonds is 18. The van der Waals surface area contributed by atoms with Gasteiger partial charge in [-0.2, -0.15) is 0 Å². The summed E-state index contributed by atoms with van der Waals surface area (Å²) in [4.78, 5) is 63.1. The minimum absolute atomic E-state index is 0.0107. The summed E-state index contributed by atoms with van der Waals surface area (Å²) in [6, 6.07) is 14.5. The van der Waals surface area contributed by atoms with Gasteiger partial charge in [-0.25, -0.2) is 33.7 Å². The van der Waals surface area contributed by atoms with Crippen LogP contribution in [0, 0.1) is 0 Å². The standard InChI is InChI=1S/C43H54N8O14P2S/c44-18-7-5-3-1-2-4-6-8-20-58-30-15-11-29(12-16-30)42(53)61-31-13-9-28(10-14-31)25-68-67(57)60-24-35-32(21-38(63-35)51-27-48-39-40(45)46-26-47-41(39)51)64-66(55,56)59-23-34-33(65-67)22-37(62-34)50-19-17-36(52)49-43(50)54/h9-17,19,26-27,32-35,37-38H,1-8,18,20-25,44H2,(H,55,56)(H2,45,46,47)(H,49,52,54)/t32-,33-,34+,35+,37+,38+,67?/m0/s1. The third-order valence-corrected chi connectivity index (χ3v) is 16.2. The average molecular weight is 1000 g/mol. The van der Waals surface area contributed by atoms with Gasteiger partial charge in [0, 0.05) is 30.9 Å². The second kappa shape index (κ2) is 22.8. The van der Waals surface area contributed by atoms with Crippen molar-refractivity contribution in [3.63, 3.8) is 0 Å². The molecule has 68 heavy (non-hydrogen) atoms. The molecule has 2 aromatic carbocycles. The number of nitrogens with one attached hydrogen (secondary N) is 1. The number of aromatic amines is 1. The number of phosphoric acid groups is 1. The van der Waals surface area contributed by atoms with Gasteiger partial charge in [-0.15, -0.1) is 0 Å². The Morgan fingerprint density at radius 2 is 1.44 bits per heavy atom. The molecule has 0 radical (unpaired) electrons. The molecule has 0 saturated carbocycles. The van der Waals surface area contributed by atoms with Crippen molar-refractivity contribution in [1.82, 2.24) is 29.1 Å². The molecular weight excluding hydrogens is 947 g/mol. The zero-order valence-electron chi connectivity index (χ0n) is 36.9. The maximum Gasteiger partial charge on any atom is 0.472 e. The van der Waals surface area contributed by atoms with Gasteiger partial charge in [0.25, 0.3) is 5.56 Å². The number of nitrogens with two attached hydrogens (primary N) is 2. The molecule has 3 aromatic heterocycles. The number of carbonyl (C=O) groups is 1. The van der Waals surface area contributed by atoms with Crippen LogP contribution in [0.5, 0.6) is 11.5 Å². The van der Waals surface area contributed by atoms with Crippen LogP contribution in [-0.4, -0.2) is 90.7 Å². The summed E-state index contributed by atoms with van der Waals surface area (Å²) in [5.41, 5.74) is 11.8. The van der Waals surface area contributed by atoms with Gasteiger partial charge in [0.05, 0.1) is 31.7 Å². The third-order valence-electron chi connectivity index (χ3n) is 11.5. The summed E-state index contributed by atoms with van der Waals surface area (Å²) in [6.45, 7) is -3.90. The van der Waals surface area contributed by atoms with Gasteiger partial charge in [-0.3, -0.25) is 37.0 Å². The van der Waals surface area contributed by atoms with Crippen molar-refractivity contribution in [2.75, 3.05) is 32.1 Å². The Bertz CT molecular complexity index is 2710. The molecule has 3 fully saturated rings. The highest BCUT2D eigenvalue weighted by Gasteiger charge is 2.48. The SMILES string of the molecule is NCCCCCCCCCCOc1ccc(C(=O)Oc2ccc(CSP3(=O)OC[C@H]4O[C@@H](n5cnc6c(N)ncnc65)C[C@@H]4OP(=O)(O)OC[C@H]4O[C@@H](n5ccc(=O)[nH]c5=O)C[C@@H]4O3)cc2)cc1. The second-order valence-corrected chi connectivity index (χ2v) is 21.9. The zero-order chi connectivity index (χ0) is 47.7. The van der Waals surface area contributed by atoms with Gasteiger partial charge < -0.3 is 35.3 Å². The number of nitrogens with zero attached hydrogens (tertiary/aromatic N) is 5. The number of anilines is 1. The van der Waals surface area contributed by atoms with E-state index in [1.165, 1.54) is 51.0 Å². The van der Waals surface area contributed by atoms with Crippen LogP contribution >= 0.6 is 26.0 Å². The Morgan fingerprint density at radius 3 is 2.15 bits per heavy atom. The smallest absolute Gasteiger partial charge is 0.472 e. The maximum absolute atomic E-state index is 14.9. The predicted octanol–water partition coefficient (Wildman–Crippen LogP) is 6.17. The monoisotopic (exact) mass is 1000 g/mol. The number of nitrogen functional groups attached to an aromatic ring is 1. The molecule has 0 amide bonds. The molecule has 22 nitrogen and oxygen atoms in total. The van der Waals surface area contributed by atoms with Crippen molar-refractivity contribution in [1.29, 1.82) is 0 Å². The number of hydrogen-bond acceptors (Lipinski definition) is 19. The first kappa shape index (κ1) is 49.6. The first-order chi connectivity index (χ1) is 32.8. The number of benzene rings is 2. The van der Waals surface area contributed by atoms with E-state index in [2.05, 4.69) is 19.9 Å². The number of aromatic nitrogens is 6. The fraction of sp³-hybridized carbons (Fsp3) is 0.488. The number of phosphoric ester groups is 1. The molecule has 3 aliphatic rings. The van der Waals surface area contributed by atoms with Crippen molar-refractivity contribution in [3.8, 4) is 11.5 Å². The van der Waals surface area contributed by atoms with Crippen molar-refractivity contribution in [2.45, 2.75) is 107 Å². The van der Waals surface area contributed by atoms with Crippen LogP contribution in [-0.2, 0) is 42.5 Å². The van der Waals surface area contributed by atoms with Gasteiger partial charge in [0.1, 0.15) is 60.2 Å². The first-order valence-electron chi connectivity index (χ1n) is 22.4. The highest BCUT2D eigenvalue weighted by molar-refractivity contribution is 8.54.